The fourth-order valence-electron chi connectivity index (χ4n) is 3.19. The topological polar surface area (TPSA) is 105 Å². The van der Waals surface area contributed by atoms with E-state index in [0.717, 1.165) is 25.2 Å². The molecule has 1 heterocycles. The fourth-order valence-corrected chi connectivity index (χ4v) is 3.19. The Bertz CT molecular complexity index is 989. The number of ether oxygens (including phenoxy) is 1. The number of likely N-dealkylation sites (N-methyl/N-ethyl adjacent to an activating group) is 1. The lowest BCUT2D eigenvalue weighted by molar-refractivity contribution is -0.384. The maximum atomic E-state index is 14.1. The summed E-state index contributed by atoms with van der Waals surface area (Å²) < 4.78 is 18.7. The summed E-state index contributed by atoms with van der Waals surface area (Å²) in [5.74, 6) is -2.17. The molecule has 30 heavy (non-hydrogen) atoms. The molecule has 1 aliphatic heterocycles. The maximum Gasteiger partial charge on any atom is 0.337 e. The highest BCUT2D eigenvalue weighted by Gasteiger charge is 2.24. The van der Waals surface area contributed by atoms with Gasteiger partial charge in [-0.2, -0.15) is 0 Å². The maximum absolute atomic E-state index is 14.1. The zero-order valence-corrected chi connectivity index (χ0v) is 16.6. The fraction of sp³-hybridized carbons (Fsp3) is 0.300. The van der Waals surface area contributed by atoms with Crippen LogP contribution in [0.15, 0.2) is 36.4 Å². The molecule has 1 fully saturated rings. The minimum atomic E-state index is -0.750. The standard InChI is InChI=1S/C20H21FN4O5/c1-23-7-9-24(10-8-23)17-6-4-13(12-18(17)25(28)29)19(26)22-16-11-14(20(27)30-2)3-5-15(16)21/h3-6,11-12H,7-10H2,1-2H3,(H,22,26). The van der Waals surface area contributed by atoms with Crippen molar-refractivity contribution >= 4 is 28.9 Å². The molecule has 3 rings (SSSR count). The lowest BCUT2D eigenvalue weighted by Crippen LogP contribution is -2.44. The average Bonchev–Trinajstić information content (AvgIpc) is 2.74. The number of hydrogen-bond donors (Lipinski definition) is 1. The van der Waals surface area contributed by atoms with E-state index in [0.29, 0.717) is 18.8 Å². The summed E-state index contributed by atoms with van der Waals surface area (Å²) in [7, 11) is 3.17. The van der Waals surface area contributed by atoms with E-state index in [-0.39, 0.29) is 22.5 Å². The number of nitro benzene ring substituents is 1. The number of benzene rings is 2. The number of rotatable bonds is 5. The van der Waals surface area contributed by atoms with Crippen molar-refractivity contribution < 1.29 is 23.6 Å². The smallest absolute Gasteiger partial charge is 0.337 e. The van der Waals surface area contributed by atoms with Gasteiger partial charge < -0.3 is 19.9 Å². The number of amides is 1. The number of methoxy groups -OCH3 is 1. The summed E-state index contributed by atoms with van der Waals surface area (Å²) in [5, 5.41) is 13.9. The number of nitrogens with one attached hydrogen (secondary N) is 1. The van der Waals surface area contributed by atoms with Crippen LogP contribution in [-0.4, -0.2) is 62.0 Å². The van der Waals surface area contributed by atoms with E-state index in [1.54, 1.807) is 0 Å². The molecule has 2 aromatic carbocycles. The van der Waals surface area contributed by atoms with Gasteiger partial charge in [-0.25, -0.2) is 9.18 Å². The van der Waals surface area contributed by atoms with E-state index in [9.17, 15) is 24.1 Å². The van der Waals surface area contributed by atoms with E-state index < -0.39 is 22.6 Å². The zero-order chi connectivity index (χ0) is 21.8. The molecular weight excluding hydrogens is 395 g/mol. The van der Waals surface area contributed by atoms with Crippen LogP contribution in [0.5, 0.6) is 0 Å². The quantitative estimate of drug-likeness (QED) is 0.454. The van der Waals surface area contributed by atoms with Crippen LogP contribution in [0.4, 0.5) is 21.5 Å². The minimum absolute atomic E-state index is 0.00227. The second-order valence-corrected chi connectivity index (χ2v) is 6.89. The number of nitrogens with zero attached hydrogens (tertiary/aromatic N) is 3. The summed E-state index contributed by atoms with van der Waals surface area (Å²) in [4.78, 5) is 39.3. The number of halogens is 1. The van der Waals surface area contributed by atoms with E-state index in [4.69, 9.17) is 0 Å². The molecule has 1 N–H and O–H groups in total. The average molecular weight is 416 g/mol. The van der Waals surface area contributed by atoms with Crippen LogP contribution in [0.1, 0.15) is 20.7 Å². The highest BCUT2D eigenvalue weighted by Crippen LogP contribution is 2.30. The number of anilines is 2. The molecule has 1 amide bonds. The van der Waals surface area contributed by atoms with Crippen LogP contribution in [0.2, 0.25) is 0 Å². The highest BCUT2D eigenvalue weighted by atomic mass is 19.1. The second-order valence-electron chi connectivity index (χ2n) is 6.89. The number of carbonyl (C=O) groups excluding carboxylic acids is 2. The zero-order valence-electron chi connectivity index (χ0n) is 16.6. The molecule has 0 bridgehead atoms. The van der Waals surface area contributed by atoms with Crippen LogP contribution < -0.4 is 10.2 Å². The van der Waals surface area contributed by atoms with Crippen molar-refractivity contribution in [2.45, 2.75) is 0 Å². The molecule has 0 aliphatic carbocycles. The molecular formula is C20H21FN4O5. The molecule has 0 radical (unpaired) electrons. The van der Waals surface area contributed by atoms with Crippen molar-refractivity contribution in [1.82, 2.24) is 4.90 Å². The van der Waals surface area contributed by atoms with Crippen LogP contribution in [0, 0.1) is 15.9 Å². The largest absolute Gasteiger partial charge is 0.465 e. The SMILES string of the molecule is COC(=O)c1ccc(F)c(NC(=O)c2ccc(N3CCN(C)CC3)c([N+](=O)[O-])c2)c1. The normalized spacial score (nSPS) is 14.3. The Labute approximate surface area is 172 Å². The Kier molecular flexibility index (Phi) is 6.26. The van der Waals surface area contributed by atoms with E-state index in [2.05, 4.69) is 15.0 Å². The molecule has 0 unspecified atom stereocenters. The summed E-state index contributed by atoms with van der Waals surface area (Å²) in [6.07, 6.45) is 0. The van der Waals surface area contributed by atoms with Crippen LogP contribution >= 0.6 is 0 Å². The molecule has 2 aromatic rings. The summed E-state index contributed by atoms with van der Waals surface area (Å²) in [6.45, 7) is 2.81. The first-order chi connectivity index (χ1) is 14.3. The predicted molar refractivity (Wildman–Crippen MR) is 108 cm³/mol. The predicted octanol–water partition coefficient (Wildman–Crippen LogP) is 2.52. The van der Waals surface area contributed by atoms with Gasteiger partial charge in [0.2, 0.25) is 0 Å². The number of piperazine rings is 1. The number of carbonyl (C=O) groups is 2. The molecule has 0 saturated carbocycles. The van der Waals surface area contributed by atoms with Crippen molar-refractivity contribution in [2.75, 3.05) is 50.6 Å². The molecule has 0 atom stereocenters. The first-order valence-corrected chi connectivity index (χ1v) is 9.21. The van der Waals surface area contributed by atoms with Gasteiger partial charge >= 0.3 is 5.97 Å². The molecule has 1 saturated heterocycles. The Morgan fingerprint density at radius 1 is 1.10 bits per heavy atom. The first kappa shape index (κ1) is 21.2. The number of hydrogen-bond acceptors (Lipinski definition) is 7. The third-order valence-corrected chi connectivity index (χ3v) is 4.91. The monoisotopic (exact) mass is 416 g/mol. The van der Waals surface area contributed by atoms with Gasteiger partial charge in [0.25, 0.3) is 11.6 Å². The van der Waals surface area contributed by atoms with Gasteiger partial charge in [-0.05, 0) is 37.4 Å². The van der Waals surface area contributed by atoms with Gasteiger partial charge in [0.05, 0.1) is 23.3 Å². The van der Waals surface area contributed by atoms with Crippen LogP contribution in [0.3, 0.4) is 0 Å². The van der Waals surface area contributed by atoms with Crippen molar-refractivity contribution in [3.8, 4) is 0 Å². The Hall–Kier alpha value is -3.53. The van der Waals surface area contributed by atoms with Gasteiger partial charge in [-0.3, -0.25) is 14.9 Å². The lowest BCUT2D eigenvalue weighted by atomic mass is 10.1. The Balaban J connectivity index is 1.85. The summed E-state index contributed by atoms with van der Waals surface area (Å²) >= 11 is 0. The Morgan fingerprint density at radius 2 is 1.77 bits per heavy atom. The van der Waals surface area contributed by atoms with Crippen molar-refractivity contribution in [3.05, 3.63) is 63.5 Å². The van der Waals surface area contributed by atoms with Crippen molar-refractivity contribution in [1.29, 1.82) is 0 Å². The lowest BCUT2D eigenvalue weighted by Gasteiger charge is -2.33. The molecule has 0 aromatic heterocycles. The highest BCUT2D eigenvalue weighted by molar-refractivity contribution is 6.05. The molecule has 1 aliphatic rings. The van der Waals surface area contributed by atoms with Gasteiger partial charge in [0.1, 0.15) is 11.5 Å². The van der Waals surface area contributed by atoms with Crippen molar-refractivity contribution in [3.63, 3.8) is 0 Å². The van der Waals surface area contributed by atoms with E-state index in [1.165, 1.54) is 31.4 Å². The van der Waals surface area contributed by atoms with Gasteiger partial charge in [0.15, 0.2) is 0 Å². The van der Waals surface area contributed by atoms with Gasteiger partial charge in [0, 0.05) is 37.8 Å². The van der Waals surface area contributed by atoms with E-state index >= 15 is 0 Å². The first-order valence-electron chi connectivity index (χ1n) is 9.21. The second kappa shape index (κ2) is 8.87. The summed E-state index contributed by atoms with van der Waals surface area (Å²) in [6, 6.07) is 7.56. The minimum Gasteiger partial charge on any atom is -0.465 e. The van der Waals surface area contributed by atoms with Crippen molar-refractivity contribution in [2.24, 2.45) is 0 Å². The third kappa shape index (κ3) is 4.54. The molecule has 10 heteroatoms. The number of esters is 1. The molecule has 158 valence electrons. The molecule has 0 spiro atoms. The third-order valence-electron chi connectivity index (χ3n) is 4.91. The van der Waals surface area contributed by atoms with Gasteiger partial charge in [-0.1, -0.05) is 0 Å². The van der Waals surface area contributed by atoms with Gasteiger partial charge in [-0.15, -0.1) is 0 Å². The van der Waals surface area contributed by atoms with E-state index in [1.807, 2.05) is 11.9 Å². The summed E-state index contributed by atoms with van der Waals surface area (Å²) in [5.41, 5.74) is 0.0706. The van der Waals surface area contributed by atoms with Crippen LogP contribution in [0.25, 0.3) is 0 Å². The van der Waals surface area contributed by atoms with Crippen LogP contribution in [-0.2, 0) is 4.74 Å². The molecule has 9 nitrogen and oxygen atoms in total. The number of nitro groups is 1. The Morgan fingerprint density at radius 3 is 2.40 bits per heavy atom.